The van der Waals surface area contributed by atoms with Gasteiger partial charge in [0.15, 0.2) is 0 Å². The van der Waals surface area contributed by atoms with Gasteiger partial charge in [-0.2, -0.15) is 4.98 Å². The molecule has 1 fully saturated rings. The number of hydrogen-bond donors (Lipinski definition) is 0. The van der Waals surface area contributed by atoms with Crippen molar-refractivity contribution in [2.24, 2.45) is 0 Å². The number of para-hydroxylation sites is 1. The molecule has 0 atom stereocenters. The van der Waals surface area contributed by atoms with Crippen molar-refractivity contribution in [3.63, 3.8) is 0 Å². The molecule has 4 rings (SSSR count). The standard InChI is InChI=1S/C23H26Cl2N4/c1-28(2)22-19-10-6-7-11-21(19)26-23(27-22)29(18-8-4-3-5-9-18)15-16-12-13-17(24)14-20(16)25/h6-7,10-14,18H,3-5,8-9,15H2,1-2H3. The van der Waals surface area contributed by atoms with Crippen LogP contribution in [0.5, 0.6) is 0 Å². The van der Waals surface area contributed by atoms with E-state index in [1.807, 2.05) is 44.4 Å². The Hall–Kier alpha value is -2.04. The van der Waals surface area contributed by atoms with Gasteiger partial charge in [-0.05, 0) is 42.7 Å². The third-order valence-electron chi connectivity index (χ3n) is 5.62. The monoisotopic (exact) mass is 428 g/mol. The summed E-state index contributed by atoms with van der Waals surface area (Å²) in [7, 11) is 4.05. The summed E-state index contributed by atoms with van der Waals surface area (Å²) in [6.07, 6.45) is 6.08. The number of rotatable bonds is 5. The number of aromatic nitrogens is 2. The third kappa shape index (κ3) is 4.44. The molecule has 29 heavy (non-hydrogen) atoms. The molecule has 4 nitrogen and oxygen atoms in total. The fourth-order valence-corrected chi connectivity index (χ4v) is 4.57. The number of anilines is 2. The molecule has 1 aliphatic carbocycles. The third-order valence-corrected chi connectivity index (χ3v) is 6.21. The van der Waals surface area contributed by atoms with Crippen LogP contribution in [0, 0.1) is 0 Å². The van der Waals surface area contributed by atoms with E-state index >= 15 is 0 Å². The molecule has 0 spiro atoms. The molecule has 6 heteroatoms. The predicted molar refractivity (Wildman–Crippen MR) is 123 cm³/mol. The second kappa shape index (κ2) is 8.76. The Morgan fingerprint density at radius 2 is 1.72 bits per heavy atom. The number of nitrogens with zero attached hydrogens (tertiary/aromatic N) is 4. The number of halogens is 2. The first-order valence-corrected chi connectivity index (χ1v) is 10.9. The lowest BCUT2D eigenvalue weighted by atomic mass is 9.94. The molecule has 0 N–H and O–H groups in total. The fraction of sp³-hybridized carbons (Fsp3) is 0.391. The summed E-state index contributed by atoms with van der Waals surface area (Å²) < 4.78 is 0. The molecule has 0 radical (unpaired) electrons. The quantitative estimate of drug-likeness (QED) is 0.474. The first-order chi connectivity index (χ1) is 14.0. The average molecular weight is 429 g/mol. The van der Waals surface area contributed by atoms with Gasteiger partial charge in [0.2, 0.25) is 5.95 Å². The summed E-state index contributed by atoms with van der Waals surface area (Å²) >= 11 is 12.6. The normalized spacial score (nSPS) is 14.9. The lowest BCUT2D eigenvalue weighted by Crippen LogP contribution is -2.38. The van der Waals surface area contributed by atoms with Gasteiger partial charge in [-0.15, -0.1) is 0 Å². The van der Waals surface area contributed by atoms with E-state index in [2.05, 4.69) is 21.9 Å². The van der Waals surface area contributed by atoms with E-state index in [9.17, 15) is 0 Å². The van der Waals surface area contributed by atoms with E-state index in [1.165, 1.54) is 19.3 Å². The molecule has 1 aliphatic rings. The minimum absolute atomic E-state index is 0.409. The van der Waals surface area contributed by atoms with Gasteiger partial charge in [-0.25, -0.2) is 4.98 Å². The van der Waals surface area contributed by atoms with Crippen LogP contribution in [0.2, 0.25) is 10.0 Å². The number of benzene rings is 2. The molecule has 0 bridgehead atoms. The highest BCUT2D eigenvalue weighted by Gasteiger charge is 2.25. The first kappa shape index (κ1) is 20.2. The zero-order valence-corrected chi connectivity index (χ0v) is 18.4. The summed E-state index contributed by atoms with van der Waals surface area (Å²) in [6.45, 7) is 0.672. The highest BCUT2D eigenvalue weighted by Crippen LogP contribution is 2.32. The zero-order valence-electron chi connectivity index (χ0n) is 16.9. The van der Waals surface area contributed by atoms with E-state index in [1.54, 1.807) is 0 Å². The predicted octanol–water partition coefficient (Wildman–Crippen LogP) is 6.34. The number of hydrogen-bond acceptors (Lipinski definition) is 4. The lowest BCUT2D eigenvalue weighted by molar-refractivity contribution is 0.409. The topological polar surface area (TPSA) is 32.3 Å². The van der Waals surface area contributed by atoms with Crippen molar-refractivity contribution < 1.29 is 0 Å². The smallest absolute Gasteiger partial charge is 0.228 e. The maximum Gasteiger partial charge on any atom is 0.228 e. The van der Waals surface area contributed by atoms with Crippen LogP contribution >= 0.6 is 23.2 Å². The Bertz CT molecular complexity index is 999. The van der Waals surface area contributed by atoms with Crippen molar-refractivity contribution in [1.82, 2.24) is 9.97 Å². The Kier molecular flexibility index (Phi) is 6.12. The molecular weight excluding hydrogens is 403 g/mol. The van der Waals surface area contributed by atoms with E-state index in [4.69, 9.17) is 33.2 Å². The lowest BCUT2D eigenvalue weighted by Gasteiger charge is -2.35. The minimum Gasteiger partial charge on any atom is -0.362 e. The van der Waals surface area contributed by atoms with E-state index in [-0.39, 0.29) is 0 Å². The molecule has 1 saturated carbocycles. The van der Waals surface area contributed by atoms with Gasteiger partial charge in [0.05, 0.1) is 5.52 Å². The minimum atomic E-state index is 0.409. The van der Waals surface area contributed by atoms with Gasteiger partial charge >= 0.3 is 0 Å². The molecule has 0 amide bonds. The zero-order chi connectivity index (χ0) is 20.4. The fourth-order valence-electron chi connectivity index (χ4n) is 4.11. The Labute approximate surface area is 182 Å². The molecule has 1 aromatic heterocycles. The second-order valence-electron chi connectivity index (χ2n) is 7.91. The molecule has 0 unspecified atom stereocenters. The van der Waals surface area contributed by atoms with Gasteiger partial charge in [0.1, 0.15) is 5.82 Å². The molecule has 0 aliphatic heterocycles. The van der Waals surface area contributed by atoms with Gasteiger partial charge in [0.25, 0.3) is 0 Å². The largest absolute Gasteiger partial charge is 0.362 e. The van der Waals surface area contributed by atoms with Crippen LogP contribution in [0.25, 0.3) is 10.9 Å². The average Bonchev–Trinajstić information content (AvgIpc) is 2.73. The molecule has 0 saturated heterocycles. The van der Waals surface area contributed by atoms with Gasteiger partial charge in [-0.3, -0.25) is 0 Å². The summed E-state index contributed by atoms with van der Waals surface area (Å²) in [5.41, 5.74) is 2.01. The second-order valence-corrected chi connectivity index (χ2v) is 8.76. The Morgan fingerprint density at radius 1 is 0.966 bits per heavy atom. The van der Waals surface area contributed by atoms with Crippen LogP contribution in [-0.4, -0.2) is 30.1 Å². The van der Waals surface area contributed by atoms with E-state index < -0.39 is 0 Å². The summed E-state index contributed by atoms with van der Waals surface area (Å²) in [6, 6.07) is 14.3. The molecular formula is C23H26Cl2N4. The van der Waals surface area contributed by atoms with Crippen molar-refractivity contribution in [3.8, 4) is 0 Å². The maximum absolute atomic E-state index is 6.52. The SMILES string of the molecule is CN(C)c1nc(N(Cc2ccc(Cl)cc2Cl)C2CCCCC2)nc2ccccc12. The van der Waals surface area contributed by atoms with Crippen molar-refractivity contribution in [2.75, 3.05) is 23.9 Å². The van der Waals surface area contributed by atoms with Crippen LogP contribution < -0.4 is 9.80 Å². The molecule has 3 aromatic rings. The van der Waals surface area contributed by atoms with E-state index in [0.29, 0.717) is 22.6 Å². The van der Waals surface area contributed by atoms with Gasteiger partial charge in [0, 0.05) is 42.1 Å². The molecule has 152 valence electrons. The maximum atomic E-state index is 6.52. The highest BCUT2D eigenvalue weighted by molar-refractivity contribution is 6.35. The van der Waals surface area contributed by atoms with Crippen molar-refractivity contribution in [3.05, 3.63) is 58.1 Å². The van der Waals surface area contributed by atoms with Crippen molar-refractivity contribution in [1.29, 1.82) is 0 Å². The number of fused-ring (bicyclic) bond motifs is 1. The summed E-state index contributed by atoms with van der Waals surface area (Å²) in [5.74, 6) is 1.71. The van der Waals surface area contributed by atoms with E-state index in [0.717, 1.165) is 41.1 Å². The summed E-state index contributed by atoms with van der Waals surface area (Å²) in [4.78, 5) is 14.3. The summed E-state index contributed by atoms with van der Waals surface area (Å²) in [5, 5.41) is 2.40. The van der Waals surface area contributed by atoms with Crippen LogP contribution in [0.3, 0.4) is 0 Å². The Morgan fingerprint density at radius 3 is 2.45 bits per heavy atom. The van der Waals surface area contributed by atoms with Crippen LogP contribution in [0.15, 0.2) is 42.5 Å². The van der Waals surface area contributed by atoms with Crippen LogP contribution in [0.1, 0.15) is 37.7 Å². The Balaban J connectivity index is 1.80. The van der Waals surface area contributed by atoms with Gasteiger partial charge < -0.3 is 9.80 Å². The van der Waals surface area contributed by atoms with Crippen molar-refractivity contribution in [2.45, 2.75) is 44.7 Å². The highest BCUT2D eigenvalue weighted by atomic mass is 35.5. The van der Waals surface area contributed by atoms with Gasteiger partial charge in [-0.1, -0.05) is 60.7 Å². The van der Waals surface area contributed by atoms with Crippen LogP contribution in [0.4, 0.5) is 11.8 Å². The molecule has 2 aromatic carbocycles. The van der Waals surface area contributed by atoms with Crippen LogP contribution in [-0.2, 0) is 6.54 Å². The first-order valence-electron chi connectivity index (χ1n) is 10.2. The van der Waals surface area contributed by atoms with Crippen molar-refractivity contribution >= 4 is 45.9 Å². The molecule has 1 heterocycles.